The number of nitrogens with one attached hydrogen (secondary N) is 1. The van der Waals surface area contributed by atoms with Gasteiger partial charge < -0.3 is 10.4 Å². The lowest BCUT2D eigenvalue weighted by Gasteiger charge is -2.16. The summed E-state index contributed by atoms with van der Waals surface area (Å²) in [5, 5.41) is 11.5. The van der Waals surface area contributed by atoms with Crippen LogP contribution >= 0.6 is 15.9 Å². The summed E-state index contributed by atoms with van der Waals surface area (Å²) in [5.41, 5.74) is 1.02. The van der Waals surface area contributed by atoms with E-state index in [2.05, 4.69) is 21.2 Å². The highest BCUT2D eigenvalue weighted by molar-refractivity contribution is 9.10. The Bertz CT molecular complexity index is 445. The molecule has 1 aromatic rings. The zero-order chi connectivity index (χ0) is 14.4. The van der Waals surface area contributed by atoms with Gasteiger partial charge in [0, 0.05) is 17.3 Å². The number of hydrogen-bond acceptors (Lipinski definition) is 2. The van der Waals surface area contributed by atoms with Crippen LogP contribution in [0.5, 0.6) is 0 Å². The maximum absolute atomic E-state index is 11.8. The van der Waals surface area contributed by atoms with Gasteiger partial charge in [0.2, 0.25) is 5.91 Å². The van der Waals surface area contributed by atoms with Crippen LogP contribution in [0.15, 0.2) is 28.7 Å². The molecule has 104 valence electrons. The average Bonchev–Trinajstić information content (AvgIpc) is 2.27. The molecule has 0 saturated carbocycles. The van der Waals surface area contributed by atoms with E-state index in [1.807, 2.05) is 31.2 Å². The van der Waals surface area contributed by atoms with Crippen LogP contribution in [-0.2, 0) is 9.59 Å². The second kappa shape index (κ2) is 7.28. The lowest BCUT2D eigenvalue weighted by molar-refractivity contribution is -0.138. The predicted molar refractivity (Wildman–Crippen MR) is 76.7 cm³/mol. The molecule has 19 heavy (non-hydrogen) atoms. The van der Waals surface area contributed by atoms with E-state index in [0.717, 1.165) is 10.0 Å². The number of aliphatic carboxylic acids is 1. The van der Waals surface area contributed by atoms with Crippen molar-refractivity contribution in [3.63, 3.8) is 0 Å². The van der Waals surface area contributed by atoms with Crippen molar-refractivity contribution in [3.05, 3.63) is 34.3 Å². The molecule has 1 rings (SSSR count). The van der Waals surface area contributed by atoms with Crippen LogP contribution in [-0.4, -0.2) is 17.0 Å². The lowest BCUT2D eigenvalue weighted by atomic mass is 10.0. The number of rotatable bonds is 6. The lowest BCUT2D eigenvalue weighted by Crippen LogP contribution is -2.28. The molecule has 0 aliphatic carbocycles. The molecule has 0 heterocycles. The van der Waals surface area contributed by atoms with Crippen LogP contribution in [0.4, 0.5) is 0 Å². The maximum Gasteiger partial charge on any atom is 0.303 e. The van der Waals surface area contributed by atoms with Gasteiger partial charge in [0.15, 0.2) is 0 Å². The van der Waals surface area contributed by atoms with Crippen LogP contribution in [0.3, 0.4) is 0 Å². The van der Waals surface area contributed by atoms with E-state index >= 15 is 0 Å². The van der Waals surface area contributed by atoms with Crippen molar-refractivity contribution in [2.45, 2.75) is 32.7 Å². The largest absolute Gasteiger partial charge is 0.481 e. The van der Waals surface area contributed by atoms with Gasteiger partial charge in [0.05, 0.1) is 6.04 Å². The third kappa shape index (κ3) is 5.87. The molecular weight excluding hydrogens is 310 g/mol. The molecule has 5 heteroatoms. The van der Waals surface area contributed by atoms with Gasteiger partial charge in [-0.15, -0.1) is 0 Å². The SMILES string of the molecule is CC(CC(=O)O)CC(=O)N[C@@H](C)c1ccc(Br)cc1. The van der Waals surface area contributed by atoms with Gasteiger partial charge in [-0.1, -0.05) is 35.0 Å². The molecule has 0 aliphatic rings. The van der Waals surface area contributed by atoms with Crippen molar-refractivity contribution < 1.29 is 14.7 Å². The minimum atomic E-state index is -0.874. The molecule has 1 amide bonds. The Morgan fingerprint density at radius 2 is 1.79 bits per heavy atom. The van der Waals surface area contributed by atoms with Crippen LogP contribution in [0.2, 0.25) is 0 Å². The highest BCUT2D eigenvalue weighted by Gasteiger charge is 2.15. The molecule has 0 radical (unpaired) electrons. The molecule has 0 saturated heterocycles. The molecule has 0 spiro atoms. The Balaban J connectivity index is 2.47. The number of hydrogen-bond donors (Lipinski definition) is 2. The number of amides is 1. The summed E-state index contributed by atoms with van der Waals surface area (Å²) in [5.74, 6) is -1.15. The Kier molecular flexibility index (Phi) is 6.02. The first kappa shape index (κ1) is 15.7. The van der Waals surface area contributed by atoms with Crippen molar-refractivity contribution in [2.75, 3.05) is 0 Å². The maximum atomic E-state index is 11.8. The Hall–Kier alpha value is -1.36. The summed E-state index contributed by atoms with van der Waals surface area (Å²) in [6.07, 6.45) is 0.243. The molecule has 2 N–H and O–H groups in total. The van der Waals surface area contributed by atoms with E-state index in [1.165, 1.54) is 0 Å². The van der Waals surface area contributed by atoms with Crippen molar-refractivity contribution in [3.8, 4) is 0 Å². The molecule has 0 aromatic heterocycles. The van der Waals surface area contributed by atoms with Gasteiger partial charge in [-0.2, -0.15) is 0 Å². The molecule has 1 unspecified atom stereocenters. The fourth-order valence-electron chi connectivity index (χ4n) is 1.82. The summed E-state index contributed by atoms with van der Waals surface area (Å²) in [7, 11) is 0. The van der Waals surface area contributed by atoms with E-state index in [4.69, 9.17) is 5.11 Å². The summed E-state index contributed by atoms with van der Waals surface area (Å²) in [6, 6.07) is 7.64. The number of halogens is 1. The number of carboxylic acids is 1. The van der Waals surface area contributed by atoms with Crippen LogP contribution in [0.25, 0.3) is 0 Å². The molecule has 4 nitrogen and oxygen atoms in total. The van der Waals surface area contributed by atoms with E-state index in [-0.39, 0.29) is 30.7 Å². The standard InChI is InChI=1S/C14H18BrNO3/c1-9(8-14(18)19)7-13(17)16-10(2)11-3-5-12(15)6-4-11/h3-6,9-10H,7-8H2,1-2H3,(H,16,17)(H,18,19)/t9?,10-/m0/s1. The molecule has 2 atom stereocenters. The zero-order valence-electron chi connectivity index (χ0n) is 11.0. The average molecular weight is 328 g/mol. The Morgan fingerprint density at radius 1 is 1.21 bits per heavy atom. The first-order chi connectivity index (χ1) is 8.88. The van der Waals surface area contributed by atoms with Crippen molar-refractivity contribution in [2.24, 2.45) is 5.92 Å². The topological polar surface area (TPSA) is 66.4 Å². The molecule has 1 aromatic carbocycles. The Morgan fingerprint density at radius 3 is 2.32 bits per heavy atom. The van der Waals surface area contributed by atoms with Gasteiger partial charge in [0.1, 0.15) is 0 Å². The summed E-state index contributed by atoms with van der Waals surface area (Å²) in [6.45, 7) is 3.67. The first-order valence-electron chi connectivity index (χ1n) is 6.15. The van der Waals surface area contributed by atoms with Gasteiger partial charge >= 0.3 is 5.97 Å². The van der Waals surface area contributed by atoms with Crippen LogP contribution < -0.4 is 5.32 Å². The van der Waals surface area contributed by atoms with E-state index in [9.17, 15) is 9.59 Å². The van der Waals surface area contributed by atoms with Crippen molar-refractivity contribution >= 4 is 27.8 Å². The number of carboxylic acid groups (broad SMARTS) is 1. The first-order valence-corrected chi connectivity index (χ1v) is 6.94. The highest BCUT2D eigenvalue weighted by Crippen LogP contribution is 2.17. The minimum Gasteiger partial charge on any atom is -0.481 e. The number of carbonyl (C=O) groups excluding carboxylic acids is 1. The second-order valence-corrected chi connectivity index (χ2v) is 5.66. The molecule has 0 bridgehead atoms. The highest BCUT2D eigenvalue weighted by atomic mass is 79.9. The third-order valence-corrected chi connectivity index (χ3v) is 3.33. The van der Waals surface area contributed by atoms with E-state index in [0.29, 0.717) is 0 Å². The number of carbonyl (C=O) groups is 2. The predicted octanol–water partition coefficient (Wildman–Crippen LogP) is 3.13. The van der Waals surface area contributed by atoms with E-state index in [1.54, 1.807) is 6.92 Å². The summed E-state index contributed by atoms with van der Waals surface area (Å²) >= 11 is 3.36. The van der Waals surface area contributed by atoms with Gasteiger partial charge in [0.25, 0.3) is 0 Å². The van der Waals surface area contributed by atoms with Crippen molar-refractivity contribution in [1.82, 2.24) is 5.32 Å². The minimum absolute atomic E-state index is 0.0140. The normalized spacial score (nSPS) is 13.6. The zero-order valence-corrected chi connectivity index (χ0v) is 12.6. The monoisotopic (exact) mass is 327 g/mol. The van der Waals surface area contributed by atoms with Gasteiger partial charge in [-0.3, -0.25) is 9.59 Å². The fourth-order valence-corrected chi connectivity index (χ4v) is 2.09. The molecular formula is C14H18BrNO3. The van der Waals surface area contributed by atoms with E-state index < -0.39 is 5.97 Å². The van der Waals surface area contributed by atoms with Gasteiger partial charge in [-0.25, -0.2) is 0 Å². The fraction of sp³-hybridized carbons (Fsp3) is 0.429. The molecule has 0 aliphatic heterocycles. The number of benzene rings is 1. The van der Waals surface area contributed by atoms with Crippen molar-refractivity contribution in [1.29, 1.82) is 0 Å². The summed E-state index contributed by atoms with van der Waals surface area (Å²) < 4.78 is 0.991. The molecule has 0 fully saturated rings. The summed E-state index contributed by atoms with van der Waals surface area (Å²) in [4.78, 5) is 22.3. The van der Waals surface area contributed by atoms with Crippen LogP contribution in [0, 0.1) is 5.92 Å². The second-order valence-electron chi connectivity index (χ2n) is 4.75. The van der Waals surface area contributed by atoms with Crippen LogP contribution in [0.1, 0.15) is 38.3 Å². The third-order valence-electron chi connectivity index (χ3n) is 2.80. The Labute approximate surface area is 121 Å². The smallest absolute Gasteiger partial charge is 0.303 e. The van der Waals surface area contributed by atoms with Gasteiger partial charge in [-0.05, 0) is 30.5 Å². The quantitative estimate of drug-likeness (QED) is 0.843.